The molecule has 30 heavy (non-hydrogen) atoms. The molecule has 9 heteroatoms. The van der Waals surface area contributed by atoms with Crippen molar-refractivity contribution in [3.05, 3.63) is 91.5 Å². The number of benzene rings is 2. The van der Waals surface area contributed by atoms with Gasteiger partial charge in [0.05, 0.1) is 22.0 Å². The third-order valence-corrected chi connectivity index (χ3v) is 5.11. The Bertz CT molecular complexity index is 1010. The van der Waals surface area contributed by atoms with Crippen LogP contribution >= 0.6 is 0 Å². The van der Waals surface area contributed by atoms with Gasteiger partial charge >= 0.3 is 0 Å². The summed E-state index contributed by atoms with van der Waals surface area (Å²) < 4.78 is 0. The Hall–Kier alpha value is -3.88. The number of amides is 1. The monoisotopic (exact) mass is 408 g/mol. The lowest BCUT2D eigenvalue weighted by atomic mass is 9.75. The van der Waals surface area contributed by atoms with Gasteiger partial charge in [0.2, 0.25) is 5.91 Å². The average Bonchev–Trinajstić information content (AvgIpc) is 2.74. The molecule has 1 aliphatic carbocycles. The molecule has 2 atom stereocenters. The fourth-order valence-electron chi connectivity index (χ4n) is 3.48. The maximum atomic E-state index is 12.7. The molecular formula is C21H20N4O5. The van der Waals surface area contributed by atoms with E-state index in [0.29, 0.717) is 18.4 Å². The van der Waals surface area contributed by atoms with Crippen molar-refractivity contribution >= 4 is 23.5 Å². The van der Waals surface area contributed by atoms with Crippen LogP contribution in [0.15, 0.2) is 65.3 Å². The first-order valence-electron chi connectivity index (χ1n) is 9.32. The van der Waals surface area contributed by atoms with Gasteiger partial charge < -0.3 is 0 Å². The van der Waals surface area contributed by atoms with Crippen molar-refractivity contribution in [3.63, 3.8) is 0 Å². The zero-order valence-electron chi connectivity index (χ0n) is 16.2. The number of carbonyl (C=O) groups is 1. The third kappa shape index (κ3) is 4.93. The highest BCUT2D eigenvalue weighted by Crippen LogP contribution is 2.38. The molecule has 0 fully saturated rings. The van der Waals surface area contributed by atoms with Crippen LogP contribution in [0.1, 0.15) is 36.8 Å². The number of hydrazone groups is 1. The van der Waals surface area contributed by atoms with E-state index in [0.717, 1.165) is 11.1 Å². The summed E-state index contributed by atoms with van der Waals surface area (Å²) >= 11 is 0. The molecule has 1 N–H and O–H groups in total. The molecular weight excluding hydrogens is 388 g/mol. The Kier molecular flexibility index (Phi) is 6.31. The number of hydrogen-bond donors (Lipinski definition) is 1. The normalized spacial score (nSPS) is 18.6. The number of nitrogens with one attached hydrogen (secondary N) is 1. The molecule has 0 spiro atoms. The van der Waals surface area contributed by atoms with Crippen LogP contribution in [0.25, 0.3) is 0 Å². The van der Waals surface area contributed by atoms with Crippen molar-refractivity contribution in [3.8, 4) is 0 Å². The number of rotatable bonds is 6. The summed E-state index contributed by atoms with van der Waals surface area (Å²) in [5.74, 6) is -0.713. The Morgan fingerprint density at radius 3 is 2.17 bits per heavy atom. The highest BCUT2D eigenvalue weighted by atomic mass is 16.6. The number of hydrogen-bond acceptors (Lipinski definition) is 6. The van der Waals surface area contributed by atoms with E-state index in [9.17, 15) is 25.0 Å². The van der Waals surface area contributed by atoms with Crippen LogP contribution in [0.5, 0.6) is 0 Å². The zero-order chi connectivity index (χ0) is 21.7. The molecule has 1 aliphatic rings. The fraction of sp³-hybridized carbons (Fsp3) is 0.238. The summed E-state index contributed by atoms with van der Waals surface area (Å²) in [7, 11) is 0. The zero-order valence-corrected chi connectivity index (χ0v) is 16.2. The van der Waals surface area contributed by atoms with Crippen LogP contribution in [0.2, 0.25) is 0 Å². The molecule has 154 valence electrons. The first-order chi connectivity index (χ1) is 14.3. The van der Waals surface area contributed by atoms with Crippen molar-refractivity contribution in [2.75, 3.05) is 0 Å². The summed E-state index contributed by atoms with van der Waals surface area (Å²) in [5, 5.41) is 25.5. The van der Waals surface area contributed by atoms with Crippen molar-refractivity contribution in [2.45, 2.75) is 25.7 Å². The van der Waals surface area contributed by atoms with Crippen LogP contribution in [0, 0.1) is 26.1 Å². The second-order valence-electron chi connectivity index (χ2n) is 7.13. The minimum Gasteiger partial charge on any atom is -0.273 e. The second-order valence-corrected chi connectivity index (χ2v) is 7.13. The van der Waals surface area contributed by atoms with Gasteiger partial charge in [-0.1, -0.05) is 23.8 Å². The second kappa shape index (κ2) is 9.08. The summed E-state index contributed by atoms with van der Waals surface area (Å²) in [6, 6.07) is 12.1. The van der Waals surface area contributed by atoms with E-state index in [2.05, 4.69) is 10.5 Å². The lowest BCUT2D eigenvalue weighted by molar-refractivity contribution is -0.385. The standard InChI is InChI=1S/C21H20N4O5/c1-14-2-11-19(20(12-14)16-5-9-18(10-6-16)25(29)30)21(26)23-22-13-15-3-7-17(8-4-15)24(27)28/h2-10,13,19-20H,11-12H2,1H3,(H,23,26). The van der Waals surface area contributed by atoms with Gasteiger partial charge in [0.1, 0.15) is 0 Å². The molecule has 0 heterocycles. The van der Waals surface area contributed by atoms with Crippen molar-refractivity contribution in [2.24, 2.45) is 11.0 Å². The van der Waals surface area contributed by atoms with Crippen LogP contribution < -0.4 is 5.43 Å². The minimum atomic E-state index is -0.486. The van der Waals surface area contributed by atoms with Crippen molar-refractivity contribution < 1.29 is 14.6 Å². The highest BCUT2D eigenvalue weighted by Gasteiger charge is 2.31. The first kappa shape index (κ1) is 20.8. The number of non-ortho nitro benzene ring substituents is 2. The van der Waals surface area contributed by atoms with E-state index in [1.807, 2.05) is 13.0 Å². The van der Waals surface area contributed by atoms with Gasteiger partial charge in [0.25, 0.3) is 11.4 Å². The van der Waals surface area contributed by atoms with Gasteiger partial charge in [-0.05, 0) is 48.9 Å². The fourth-order valence-corrected chi connectivity index (χ4v) is 3.48. The lowest BCUT2D eigenvalue weighted by Gasteiger charge is -2.29. The van der Waals surface area contributed by atoms with Gasteiger partial charge in [-0.3, -0.25) is 25.0 Å². The highest BCUT2D eigenvalue weighted by molar-refractivity contribution is 5.84. The summed E-state index contributed by atoms with van der Waals surface area (Å²) in [4.78, 5) is 33.4. The minimum absolute atomic E-state index is 0.00974. The number of nitrogens with zero attached hydrogens (tertiary/aromatic N) is 3. The van der Waals surface area contributed by atoms with Crippen LogP contribution in [0.3, 0.4) is 0 Å². The van der Waals surface area contributed by atoms with E-state index < -0.39 is 9.85 Å². The molecule has 0 radical (unpaired) electrons. The van der Waals surface area contributed by atoms with Crippen LogP contribution in [-0.2, 0) is 4.79 Å². The van der Waals surface area contributed by atoms with Gasteiger partial charge in [0, 0.05) is 24.3 Å². The third-order valence-electron chi connectivity index (χ3n) is 5.11. The van der Waals surface area contributed by atoms with Crippen molar-refractivity contribution in [1.82, 2.24) is 5.43 Å². The molecule has 0 saturated carbocycles. The Balaban J connectivity index is 1.70. The number of allylic oxidation sites excluding steroid dienone is 2. The summed E-state index contributed by atoms with van der Waals surface area (Å²) in [5.41, 5.74) is 5.18. The molecule has 0 aliphatic heterocycles. The molecule has 0 bridgehead atoms. The molecule has 2 aromatic carbocycles. The first-order valence-corrected chi connectivity index (χ1v) is 9.32. The Morgan fingerprint density at radius 2 is 1.60 bits per heavy atom. The molecule has 2 aromatic rings. The Labute approximate surface area is 172 Å². The van der Waals surface area contributed by atoms with Crippen molar-refractivity contribution in [1.29, 1.82) is 0 Å². The Morgan fingerprint density at radius 1 is 1.03 bits per heavy atom. The molecule has 3 rings (SSSR count). The molecule has 9 nitrogen and oxygen atoms in total. The largest absolute Gasteiger partial charge is 0.273 e. The maximum absolute atomic E-state index is 12.7. The quantitative estimate of drug-likeness (QED) is 0.333. The summed E-state index contributed by atoms with van der Waals surface area (Å²) in [6.07, 6.45) is 4.67. The van der Waals surface area contributed by atoms with Crippen LogP contribution in [0.4, 0.5) is 11.4 Å². The molecule has 0 aromatic heterocycles. The number of nitro benzene ring substituents is 2. The van der Waals surface area contributed by atoms with E-state index in [1.165, 1.54) is 30.5 Å². The summed E-state index contributed by atoms with van der Waals surface area (Å²) in [6.45, 7) is 2.00. The molecule has 0 saturated heterocycles. The topological polar surface area (TPSA) is 128 Å². The van der Waals surface area contributed by atoms with E-state index in [4.69, 9.17) is 0 Å². The lowest BCUT2D eigenvalue weighted by Crippen LogP contribution is -2.33. The predicted molar refractivity (Wildman–Crippen MR) is 111 cm³/mol. The van der Waals surface area contributed by atoms with E-state index in [1.54, 1.807) is 24.3 Å². The predicted octanol–water partition coefficient (Wildman–Crippen LogP) is 4.09. The SMILES string of the molecule is CC1=CCC(C(=O)NN=Cc2ccc([N+](=O)[O-])cc2)C(c2ccc([N+](=O)[O-])cc2)C1. The van der Waals surface area contributed by atoms with Gasteiger partial charge in [-0.15, -0.1) is 0 Å². The van der Waals surface area contributed by atoms with E-state index in [-0.39, 0.29) is 29.1 Å². The maximum Gasteiger partial charge on any atom is 0.269 e. The van der Waals surface area contributed by atoms with Crippen LogP contribution in [-0.4, -0.2) is 22.0 Å². The van der Waals surface area contributed by atoms with Gasteiger partial charge in [0.15, 0.2) is 0 Å². The number of carbonyl (C=O) groups excluding carboxylic acids is 1. The molecule has 2 unspecified atom stereocenters. The van der Waals surface area contributed by atoms with Gasteiger partial charge in [-0.2, -0.15) is 5.10 Å². The average molecular weight is 408 g/mol. The molecule has 1 amide bonds. The van der Waals surface area contributed by atoms with Gasteiger partial charge in [-0.25, -0.2) is 5.43 Å². The van der Waals surface area contributed by atoms with E-state index >= 15 is 0 Å². The smallest absolute Gasteiger partial charge is 0.269 e. The number of nitro groups is 2.